The number of hydrogen-bond acceptors (Lipinski definition) is 7. The third-order valence-corrected chi connectivity index (χ3v) is 4.41. The molecule has 0 radical (unpaired) electrons. The number of nitrogens with one attached hydrogen (secondary N) is 1. The number of aldehydes is 1. The average Bonchev–Trinajstić information content (AvgIpc) is 3.03. The Balaban J connectivity index is 2.66. The minimum atomic E-state index is -0.362. The van der Waals surface area contributed by atoms with Crippen molar-refractivity contribution in [3.8, 4) is 0 Å². The number of aromatic nitrogens is 3. The molecule has 2 heterocycles. The van der Waals surface area contributed by atoms with Crippen LogP contribution in [0.15, 0.2) is 10.9 Å². The smallest absolute Gasteiger partial charge is 0.279 e. The van der Waals surface area contributed by atoms with Crippen molar-refractivity contribution in [3.05, 3.63) is 27.7 Å². The predicted octanol–water partition coefficient (Wildman–Crippen LogP) is 0.796. The number of carbonyl (C=O) groups excluding carboxylic acids is 2. The number of Topliss-reactive ketones (excluding diaryl/α,β-unsaturated/α-hetero) is 1. The Morgan fingerprint density at radius 2 is 2.15 bits per heavy atom. The van der Waals surface area contributed by atoms with Crippen molar-refractivity contribution in [3.63, 3.8) is 0 Å². The van der Waals surface area contributed by atoms with E-state index in [4.69, 9.17) is 4.74 Å². The number of fused-ring (bicyclic) bond motifs is 1. The average molecular weight is 377 g/mol. The minimum Gasteiger partial charge on any atom is -0.383 e. The topological polar surface area (TPSA) is 97.9 Å². The summed E-state index contributed by atoms with van der Waals surface area (Å²) in [5.41, 5.74) is 0.562. The van der Waals surface area contributed by atoms with Gasteiger partial charge in [0.15, 0.2) is 12.1 Å². The molecule has 0 bridgehead atoms. The van der Waals surface area contributed by atoms with Crippen molar-refractivity contribution < 1.29 is 14.3 Å². The molecule has 0 fully saturated rings. The maximum absolute atomic E-state index is 13.0. The van der Waals surface area contributed by atoms with E-state index < -0.39 is 0 Å². The zero-order valence-corrected chi connectivity index (χ0v) is 16.5. The fraction of sp³-hybridized carbons (Fsp3) is 0.556. The molecule has 27 heavy (non-hydrogen) atoms. The van der Waals surface area contributed by atoms with Crippen LogP contribution in [0.5, 0.6) is 0 Å². The predicted molar refractivity (Wildman–Crippen MR) is 102 cm³/mol. The maximum atomic E-state index is 13.0. The van der Waals surface area contributed by atoms with Gasteiger partial charge in [0.25, 0.3) is 5.56 Å². The largest absolute Gasteiger partial charge is 0.383 e. The Hall–Kier alpha value is -2.52. The molecule has 0 spiro atoms. The molecule has 2 aromatic rings. The molecule has 0 aliphatic carbocycles. The monoisotopic (exact) mass is 377 g/mol. The molecular weight excluding hydrogens is 350 g/mol. The maximum Gasteiger partial charge on any atom is 0.279 e. The molecule has 9 heteroatoms. The second kappa shape index (κ2) is 8.92. The summed E-state index contributed by atoms with van der Waals surface area (Å²) in [6.45, 7) is 6.71. The van der Waals surface area contributed by atoms with Crippen molar-refractivity contribution in [1.29, 1.82) is 0 Å². The molecule has 0 atom stereocenters. The highest BCUT2D eigenvalue weighted by atomic mass is 16.5. The van der Waals surface area contributed by atoms with E-state index in [9.17, 15) is 14.4 Å². The third-order valence-electron chi connectivity index (χ3n) is 4.41. The lowest BCUT2D eigenvalue weighted by molar-refractivity contribution is -0.117. The van der Waals surface area contributed by atoms with Crippen LogP contribution < -0.4 is 10.9 Å². The van der Waals surface area contributed by atoms with Crippen LogP contribution in [-0.2, 0) is 22.6 Å². The number of hydrogen-bond donors (Lipinski definition) is 1. The molecule has 0 aliphatic rings. The van der Waals surface area contributed by atoms with Crippen molar-refractivity contribution >= 4 is 23.5 Å². The molecule has 0 unspecified atom stereocenters. The molecule has 0 aromatic carbocycles. The first kappa shape index (κ1) is 20.8. The lowest BCUT2D eigenvalue weighted by atomic mass is 10.2. The summed E-state index contributed by atoms with van der Waals surface area (Å²) in [5.74, 6) is 0.356. The second-order valence-corrected chi connectivity index (χ2v) is 6.80. The molecule has 148 valence electrons. The van der Waals surface area contributed by atoms with Gasteiger partial charge in [-0.15, -0.1) is 5.10 Å². The molecule has 2 rings (SSSR count). The van der Waals surface area contributed by atoms with Gasteiger partial charge in [0.1, 0.15) is 11.4 Å². The van der Waals surface area contributed by atoms with Crippen molar-refractivity contribution in [2.45, 2.75) is 39.9 Å². The first-order valence-electron chi connectivity index (χ1n) is 8.83. The molecule has 2 aromatic heterocycles. The van der Waals surface area contributed by atoms with E-state index in [1.54, 1.807) is 17.7 Å². The number of ether oxygens (including phenoxy) is 1. The van der Waals surface area contributed by atoms with Crippen LogP contribution in [0.2, 0.25) is 0 Å². The van der Waals surface area contributed by atoms with Crippen LogP contribution in [0.1, 0.15) is 36.8 Å². The molecule has 0 saturated carbocycles. The summed E-state index contributed by atoms with van der Waals surface area (Å²) in [7, 11) is 3.47. The summed E-state index contributed by atoms with van der Waals surface area (Å²) < 4.78 is 7.79. The highest BCUT2D eigenvalue weighted by Gasteiger charge is 2.21. The first-order chi connectivity index (χ1) is 12.8. The second-order valence-electron chi connectivity index (χ2n) is 6.80. The van der Waals surface area contributed by atoms with Gasteiger partial charge in [0.05, 0.1) is 24.4 Å². The lowest BCUT2D eigenvalue weighted by Gasteiger charge is -2.22. The van der Waals surface area contributed by atoms with E-state index in [0.29, 0.717) is 36.5 Å². The quantitative estimate of drug-likeness (QED) is 0.483. The fourth-order valence-corrected chi connectivity index (χ4v) is 2.71. The van der Waals surface area contributed by atoms with E-state index in [2.05, 4.69) is 10.4 Å². The summed E-state index contributed by atoms with van der Waals surface area (Å²) in [6, 6.07) is 1.84. The van der Waals surface area contributed by atoms with Crippen molar-refractivity contribution in [1.82, 2.24) is 19.1 Å². The van der Waals surface area contributed by atoms with E-state index in [1.165, 1.54) is 11.4 Å². The molecule has 0 amide bonds. The normalized spacial score (nSPS) is 11.5. The first-order valence-corrected chi connectivity index (χ1v) is 8.83. The standard InChI is InChI=1S/C18H27N5O4/c1-12(2)21(4)10-14-15(11-24)22(9-13(3)25)17-8-16(19-6-7-27-5)20-23(17)18(14)26/h8,11-12H,6-7,9-10H2,1-5H3,(H,19,20). The lowest BCUT2D eigenvalue weighted by Crippen LogP contribution is -2.34. The van der Waals surface area contributed by atoms with Gasteiger partial charge in [0.2, 0.25) is 0 Å². The summed E-state index contributed by atoms with van der Waals surface area (Å²) >= 11 is 0. The Kier molecular flexibility index (Phi) is 6.86. The highest BCUT2D eigenvalue weighted by Crippen LogP contribution is 2.15. The Morgan fingerprint density at radius 1 is 1.44 bits per heavy atom. The van der Waals surface area contributed by atoms with E-state index >= 15 is 0 Å². The van der Waals surface area contributed by atoms with Gasteiger partial charge in [-0.05, 0) is 27.8 Å². The molecule has 0 aliphatic heterocycles. The molecule has 9 nitrogen and oxygen atoms in total. The highest BCUT2D eigenvalue weighted by molar-refractivity contribution is 5.81. The van der Waals surface area contributed by atoms with E-state index in [0.717, 1.165) is 0 Å². The number of methoxy groups -OCH3 is 1. The van der Waals surface area contributed by atoms with Crippen LogP contribution >= 0.6 is 0 Å². The summed E-state index contributed by atoms with van der Waals surface area (Å²) in [4.78, 5) is 38.6. The van der Waals surface area contributed by atoms with E-state index in [-0.39, 0.29) is 36.2 Å². The number of carbonyl (C=O) groups is 2. The van der Waals surface area contributed by atoms with Crippen LogP contribution in [0.3, 0.4) is 0 Å². The zero-order chi connectivity index (χ0) is 20.1. The molecule has 0 saturated heterocycles. The molecular formula is C18H27N5O4. The Bertz CT molecular complexity index is 884. The van der Waals surface area contributed by atoms with Crippen LogP contribution in [0.25, 0.3) is 5.65 Å². The Labute approximate surface area is 157 Å². The van der Waals surface area contributed by atoms with Gasteiger partial charge in [0, 0.05) is 32.3 Å². The van der Waals surface area contributed by atoms with Crippen molar-refractivity contribution in [2.24, 2.45) is 0 Å². The number of ketones is 1. The van der Waals surface area contributed by atoms with Crippen LogP contribution in [0, 0.1) is 0 Å². The number of rotatable bonds is 10. The van der Waals surface area contributed by atoms with Crippen LogP contribution in [-0.4, -0.2) is 64.5 Å². The zero-order valence-electron chi connectivity index (χ0n) is 16.5. The van der Waals surface area contributed by atoms with E-state index in [1.807, 2.05) is 25.8 Å². The van der Waals surface area contributed by atoms with Gasteiger partial charge < -0.3 is 14.6 Å². The third kappa shape index (κ3) is 4.61. The van der Waals surface area contributed by atoms with Gasteiger partial charge in [-0.2, -0.15) is 4.52 Å². The van der Waals surface area contributed by atoms with Crippen molar-refractivity contribution in [2.75, 3.05) is 32.6 Å². The summed E-state index contributed by atoms with van der Waals surface area (Å²) in [6.07, 6.45) is 0.638. The van der Waals surface area contributed by atoms with Gasteiger partial charge in [-0.25, -0.2) is 0 Å². The van der Waals surface area contributed by atoms with Crippen LogP contribution in [0.4, 0.5) is 5.82 Å². The summed E-state index contributed by atoms with van der Waals surface area (Å²) in [5, 5.41) is 7.38. The number of nitrogens with zero attached hydrogens (tertiary/aromatic N) is 4. The van der Waals surface area contributed by atoms with Gasteiger partial charge >= 0.3 is 0 Å². The van der Waals surface area contributed by atoms with Gasteiger partial charge in [-0.3, -0.25) is 19.3 Å². The minimum absolute atomic E-state index is 0.0144. The SMILES string of the molecule is COCCNc1cc2n(CC(C)=O)c(C=O)c(CN(C)C(C)C)c(=O)n2n1. The molecule has 1 N–H and O–H groups in total. The Morgan fingerprint density at radius 3 is 2.70 bits per heavy atom. The fourth-order valence-electron chi connectivity index (χ4n) is 2.71. The number of anilines is 1. The van der Waals surface area contributed by atoms with Gasteiger partial charge in [-0.1, -0.05) is 0 Å².